The number of thiophene rings is 1. The SMILES string of the molecule is CN(Cc1csc(Br)c1)c1ccc(Br)cc1C=O. The van der Waals surface area contributed by atoms with Gasteiger partial charge in [0, 0.05) is 29.3 Å². The minimum absolute atomic E-state index is 0.696. The van der Waals surface area contributed by atoms with Crippen LogP contribution in [0.1, 0.15) is 15.9 Å². The Balaban J connectivity index is 2.23. The quantitative estimate of drug-likeness (QED) is 0.706. The summed E-state index contributed by atoms with van der Waals surface area (Å²) in [6.45, 7) is 0.782. The minimum Gasteiger partial charge on any atom is -0.370 e. The third-order valence-electron chi connectivity index (χ3n) is 2.57. The average molecular weight is 389 g/mol. The lowest BCUT2D eigenvalue weighted by Crippen LogP contribution is -2.17. The van der Waals surface area contributed by atoms with E-state index in [4.69, 9.17) is 0 Å². The number of anilines is 1. The summed E-state index contributed by atoms with van der Waals surface area (Å²) in [5.41, 5.74) is 2.87. The van der Waals surface area contributed by atoms with Crippen LogP contribution in [-0.4, -0.2) is 13.3 Å². The molecule has 1 aromatic heterocycles. The number of benzene rings is 1. The highest BCUT2D eigenvalue weighted by molar-refractivity contribution is 9.11. The zero-order valence-electron chi connectivity index (χ0n) is 9.69. The smallest absolute Gasteiger partial charge is 0.152 e. The fourth-order valence-corrected chi connectivity index (χ4v) is 3.33. The van der Waals surface area contributed by atoms with Crippen LogP contribution in [0.25, 0.3) is 0 Å². The number of nitrogens with zero attached hydrogens (tertiary/aromatic N) is 1. The Labute approximate surface area is 127 Å². The molecule has 0 amide bonds. The van der Waals surface area contributed by atoms with Gasteiger partial charge >= 0.3 is 0 Å². The zero-order valence-corrected chi connectivity index (χ0v) is 13.7. The number of hydrogen-bond donors (Lipinski definition) is 0. The predicted octanol–water partition coefficient (Wildman–Crippen LogP) is 4.72. The van der Waals surface area contributed by atoms with E-state index in [0.717, 1.165) is 26.8 Å². The molecule has 5 heteroatoms. The second-order valence-electron chi connectivity index (χ2n) is 3.94. The minimum atomic E-state index is 0.696. The van der Waals surface area contributed by atoms with Gasteiger partial charge in [-0.05, 0) is 51.1 Å². The highest BCUT2D eigenvalue weighted by Gasteiger charge is 2.09. The third-order valence-corrected chi connectivity index (χ3v) is 4.62. The van der Waals surface area contributed by atoms with Gasteiger partial charge in [0.15, 0.2) is 6.29 Å². The van der Waals surface area contributed by atoms with Crippen molar-refractivity contribution in [3.63, 3.8) is 0 Å². The molecule has 1 heterocycles. The number of carbonyl (C=O) groups excluding carboxylic acids is 1. The molecule has 0 radical (unpaired) electrons. The molecule has 0 spiro atoms. The standard InChI is InChI=1S/C13H11Br2NOS/c1-16(6-9-4-13(15)18-8-9)12-3-2-11(14)5-10(12)7-17/h2-5,7-8H,6H2,1H3. The number of hydrogen-bond acceptors (Lipinski definition) is 3. The first-order chi connectivity index (χ1) is 8.60. The molecule has 0 bridgehead atoms. The first-order valence-electron chi connectivity index (χ1n) is 5.29. The highest BCUT2D eigenvalue weighted by Crippen LogP contribution is 2.26. The largest absolute Gasteiger partial charge is 0.370 e. The van der Waals surface area contributed by atoms with Gasteiger partial charge in [-0.1, -0.05) is 15.9 Å². The highest BCUT2D eigenvalue weighted by atomic mass is 79.9. The van der Waals surface area contributed by atoms with Gasteiger partial charge in [-0.25, -0.2) is 0 Å². The fourth-order valence-electron chi connectivity index (χ4n) is 1.76. The number of rotatable bonds is 4. The molecule has 0 unspecified atom stereocenters. The summed E-state index contributed by atoms with van der Waals surface area (Å²) < 4.78 is 2.04. The van der Waals surface area contributed by atoms with Crippen molar-refractivity contribution in [3.05, 3.63) is 49.0 Å². The van der Waals surface area contributed by atoms with E-state index in [1.54, 1.807) is 11.3 Å². The molecule has 0 saturated heterocycles. The Hall–Kier alpha value is -0.650. The molecular weight excluding hydrogens is 378 g/mol. The maximum Gasteiger partial charge on any atom is 0.152 e. The lowest BCUT2D eigenvalue weighted by molar-refractivity contribution is 0.112. The van der Waals surface area contributed by atoms with E-state index in [1.807, 2.05) is 25.2 Å². The van der Waals surface area contributed by atoms with Crippen LogP contribution in [0.4, 0.5) is 5.69 Å². The predicted molar refractivity (Wildman–Crippen MR) is 83.7 cm³/mol. The van der Waals surface area contributed by atoms with Crippen molar-refractivity contribution in [2.75, 3.05) is 11.9 Å². The van der Waals surface area contributed by atoms with Crippen molar-refractivity contribution in [3.8, 4) is 0 Å². The Morgan fingerprint density at radius 3 is 2.72 bits per heavy atom. The Kier molecular flexibility index (Phi) is 4.59. The molecule has 18 heavy (non-hydrogen) atoms. The third kappa shape index (κ3) is 3.22. The van der Waals surface area contributed by atoms with Crippen LogP contribution in [0.5, 0.6) is 0 Å². The Morgan fingerprint density at radius 2 is 2.11 bits per heavy atom. The maximum atomic E-state index is 11.1. The van der Waals surface area contributed by atoms with Crippen molar-refractivity contribution in [2.45, 2.75) is 6.54 Å². The van der Waals surface area contributed by atoms with Crippen LogP contribution >= 0.6 is 43.2 Å². The van der Waals surface area contributed by atoms with Crippen LogP contribution in [0.3, 0.4) is 0 Å². The van der Waals surface area contributed by atoms with Gasteiger partial charge < -0.3 is 4.90 Å². The molecule has 0 aliphatic carbocycles. The summed E-state index contributed by atoms with van der Waals surface area (Å²) in [5, 5.41) is 2.11. The van der Waals surface area contributed by atoms with Gasteiger partial charge in [0.1, 0.15) is 0 Å². The van der Waals surface area contributed by atoms with Gasteiger partial charge in [-0.2, -0.15) is 0 Å². The fraction of sp³-hybridized carbons (Fsp3) is 0.154. The van der Waals surface area contributed by atoms with E-state index in [2.05, 4.69) is 48.2 Å². The van der Waals surface area contributed by atoms with E-state index < -0.39 is 0 Å². The first kappa shape index (κ1) is 13.8. The van der Waals surface area contributed by atoms with E-state index in [1.165, 1.54) is 5.56 Å². The van der Waals surface area contributed by atoms with Crippen LogP contribution in [0.2, 0.25) is 0 Å². The molecule has 0 atom stereocenters. The monoisotopic (exact) mass is 387 g/mol. The van der Waals surface area contributed by atoms with E-state index in [9.17, 15) is 4.79 Å². The molecular formula is C13H11Br2NOS. The van der Waals surface area contributed by atoms with Crippen LogP contribution < -0.4 is 4.90 Å². The molecule has 0 aliphatic rings. The summed E-state index contributed by atoms with van der Waals surface area (Å²) in [7, 11) is 1.99. The zero-order chi connectivity index (χ0) is 13.1. The van der Waals surface area contributed by atoms with E-state index in [-0.39, 0.29) is 0 Å². The topological polar surface area (TPSA) is 20.3 Å². The van der Waals surface area contributed by atoms with Crippen molar-refractivity contribution >= 4 is 55.2 Å². The lowest BCUT2D eigenvalue weighted by Gasteiger charge is -2.20. The van der Waals surface area contributed by atoms with E-state index >= 15 is 0 Å². The molecule has 0 fully saturated rings. The number of aldehydes is 1. The average Bonchev–Trinajstić information content (AvgIpc) is 2.74. The van der Waals surface area contributed by atoms with Gasteiger partial charge in [0.05, 0.1) is 3.79 Å². The molecule has 2 nitrogen and oxygen atoms in total. The van der Waals surface area contributed by atoms with Gasteiger partial charge in [0.2, 0.25) is 0 Å². The normalized spacial score (nSPS) is 10.4. The van der Waals surface area contributed by atoms with Gasteiger partial charge in [0.25, 0.3) is 0 Å². The molecule has 1 aromatic carbocycles. The summed E-state index contributed by atoms with van der Waals surface area (Å²) >= 11 is 8.50. The van der Waals surface area contributed by atoms with Gasteiger partial charge in [-0.3, -0.25) is 4.79 Å². The summed E-state index contributed by atoms with van der Waals surface area (Å²) in [6.07, 6.45) is 0.889. The second kappa shape index (κ2) is 5.99. The first-order valence-corrected chi connectivity index (χ1v) is 7.75. The van der Waals surface area contributed by atoms with Crippen LogP contribution in [0, 0.1) is 0 Å². The maximum absolute atomic E-state index is 11.1. The molecule has 0 aliphatic heterocycles. The molecule has 2 rings (SSSR count). The van der Waals surface area contributed by atoms with Crippen LogP contribution in [-0.2, 0) is 6.54 Å². The lowest BCUT2D eigenvalue weighted by atomic mass is 10.1. The van der Waals surface area contributed by atoms with Crippen molar-refractivity contribution in [2.24, 2.45) is 0 Å². The summed E-state index contributed by atoms with van der Waals surface area (Å²) in [6, 6.07) is 7.83. The molecule has 0 N–H and O–H groups in total. The molecule has 94 valence electrons. The molecule has 0 saturated carbocycles. The summed E-state index contributed by atoms with van der Waals surface area (Å²) in [4.78, 5) is 13.2. The van der Waals surface area contributed by atoms with Crippen LogP contribution in [0.15, 0.2) is 37.9 Å². The number of carbonyl (C=O) groups is 1. The number of halogens is 2. The van der Waals surface area contributed by atoms with Crippen molar-refractivity contribution < 1.29 is 4.79 Å². The second-order valence-corrected chi connectivity index (χ2v) is 7.14. The van der Waals surface area contributed by atoms with Crippen molar-refractivity contribution in [1.29, 1.82) is 0 Å². The Bertz CT molecular complexity index is 568. The van der Waals surface area contributed by atoms with Gasteiger partial charge in [-0.15, -0.1) is 11.3 Å². The summed E-state index contributed by atoms with van der Waals surface area (Å²) in [5.74, 6) is 0. The Morgan fingerprint density at radius 1 is 1.33 bits per heavy atom. The molecule has 2 aromatic rings. The van der Waals surface area contributed by atoms with Crippen molar-refractivity contribution in [1.82, 2.24) is 0 Å². The van der Waals surface area contributed by atoms with E-state index in [0.29, 0.717) is 5.56 Å².